The highest BCUT2D eigenvalue weighted by Gasteiger charge is 2.89. The smallest absolute Gasteiger partial charge is 0.0176 e. The van der Waals surface area contributed by atoms with Crippen molar-refractivity contribution in [2.75, 3.05) is 0 Å². The first-order chi connectivity index (χ1) is 9.21. The summed E-state index contributed by atoms with van der Waals surface area (Å²) < 4.78 is 0. The van der Waals surface area contributed by atoms with E-state index in [0.29, 0.717) is 16.2 Å². The lowest BCUT2D eigenvalue weighted by Gasteiger charge is -2.66. The molecule has 0 amide bonds. The van der Waals surface area contributed by atoms with E-state index in [0.717, 1.165) is 28.6 Å². The lowest BCUT2D eigenvalue weighted by atomic mass is 9.38. The van der Waals surface area contributed by atoms with Crippen LogP contribution in [0.4, 0.5) is 0 Å². The largest absolute Gasteiger partial charge is 0.0596 e. The van der Waals surface area contributed by atoms with Crippen molar-refractivity contribution in [1.29, 1.82) is 0 Å². The van der Waals surface area contributed by atoms with Gasteiger partial charge < -0.3 is 0 Å². The number of rotatable bonds is 0. The summed E-state index contributed by atoms with van der Waals surface area (Å²) in [6.45, 7) is 13.3. The van der Waals surface area contributed by atoms with Gasteiger partial charge in [-0.2, -0.15) is 0 Å². The van der Waals surface area contributed by atoms with Crippen molar-refractivity contribution < 1.29 is 0 Å². The van der Waals surface area contributed by atoms with Crippen molar-refractivity contribution in [2.24, 2.45) is 44.8 Å². The van der Waals surface area contributed by atoms with Crippen LogP contribution in [0.5, 0.6) is 0 Å². The molecule has 0 heteroatoms. The average molecular weight is 272 g/mol. The van der Waals surface area contributed by atoms with Gasteiger partial charge in [0, 0.05) is 0 Å². The van der Waals surface area contributed by atoms with Gasteiger partial charge in [-0.3, -0.25) is 0 Å². The molecule has 0 N–H and O–H groups in total. The zero-order chi connectivity index (χ0) is 14.2. The molecule has 6 rings (SSSR count). The van der Waals surface area contributed by atoms with Crippen LogP contribution < -0.4 is 0 Å². The Morgan fingerprint density at radius 1 is 0.850 bits per heavy atom. The first-order valence-electron chi connectivity index (χ1n) is 9.21. The maximum atomic E-state index is 2.74. The minimum Gasteiger partial charge on any atom is -0.0596 e. The van der Waals surface area contributed by atoms with Gasteiger partial charge in [0.05, 0.1) is 0 Å². The van der Waals surface area contributed by atoms with Crippen molar-refractivity contribution in [3.05, 3.63) is 0 Å². The van der Waals surface area contributed by atoms with E-state index in [9.17, 15) is 0 Å². The predicted octanol–water partition coefficient (Wildman–Crippen LogP) is 5.67. The van der Waals surface area contributed by atoms with Crippen LogP contribution in [-0.4, -0.2) is 0 Å². The Morgan fingerprint density at radius 3 is 2.25 bits per heavy atom. The molecule has 0 unspecified atom stereocenters. The Hall–Kier alpha value is 0. The molecule has 6 aliphatic carbocycles. The lowest BCUT2D eigenvalue weighted by molar-refractivity contribution is -0.174. The predicted molar refractivity (Wildman–Crippen MR) is 83.3 cm³/mol. The average Bonchev–Trinajstić information content (AvgIpc) is 2.62. The fourth-order valence-corrected chi connectivity index (χ4v) is 9.59. The third-order valence-corrected chi connectivity index (χ3v) is 10.2. The highest BCUT2D eigenvalue weighted by molar-refractivity contribution is 5.37. The van der Waals surface area contributed by atoms with Crippen molar-refractivity contribution in [2.45, 2.75) is 79.6 Å². The third kappa shape index (κ3) is 0.925. The molecule has 6 fully saturated rings. The number of hydrogen-bond donors (Lipinski definition) is 0. The van der Waals surface area contributed by atoms with E-state index in [1.807, 2.05) is 0 Å². The van der Waals surface area contributed by atoms with Crippen molar-refractivity contribution in [3.63, 3.8) is 0 Å². The lowest BCUT2D eigenvalue weighted by Crippen LogP contribution is -2.59. The van der Waals surface area contributed by atoms with Crippen LogP contribution in [0.15, 0.2) is 0 Å². The summed E-state index contributed by atoms with van der Waals surface area (Å²) >= 11 is 0. The van der Waals surface area contributed by atoms with E-state index in [1.54, 1.807) is 19.3 Å². The van der Waals surface area contributed by atoms with E-state index in [-0.39, 0.29) is 0 Å². The van der Waals surface area contributed by atoms with Crippen LogP contribution in [0.2, 0.25) is 0 Å². The maximum absolute atomic E-state index is 2.74. The minimum absolute atomic E-state index is 0.597. The second-order valence-electron chi connectivity index (χ2n) is 10.8. The summed E-state index contributed by atoms with van der Waals surface area (Å²) in [7, 11) is 0. The first kappa shape index (κ1) is 12.5. The molecule has 1 spiro atoms. The van der Waals surface area contributed by atoms with Crippen LogP contribution in [0.1, 0.15) is 79.6 Å². The third-order valence-electron chi connectivity index (χ3n) is 10.2. The maximum Gasteiger partial charge on any atom is -0.0176 e. The zero-order valence-electron chi connectivity index (χ0n) is 14.2. The van der Waals surface area contributed by atoms with Gasteiger partial charge in [-0.25, -0.2) is 0 Å². The molecule has 0 radical (unpaired) electrons. The van der Waals surface area contributed by atoms with Gasteiger partial charge in [0.25, 0.3) is 0 Å². The topological polar surface area (TPSA) is 0 Å². The molecule has 0 aromatic heterocycles. The molecular weight excluding hydrogens is 240 g/mol. The van der Waals surface area contributed by atoms with Gasteiger partial charge in [0.2, 0.25) is 0 Å². The van der Waals surface area contributed by atoms with Gasteiger partial charge >= 0.3 is 0 Å². The Bertz CT molecular complexity index is 504. The SMILES string of the molecule is CC1(C)CCC[C@@]2(C)[C@H]1CC[C@@]1(C)[C@@H]3[C@@H]4C[C@@]12C[C@]34C. The Labute approximate surface area is 125 Å². The summed E-state index contributed by atoms with van der Waals surface area (Å²) in [6.07, 6.45) is 10.8. The van der Waals surface area contributed by atoms with Gasteiger partial charge in [0.1, 0.15) is 0 Å². The highest BCUT2D eigenvalue weighted by atomic mass is 14.9. The van der Waals surface area contributed by atoms with Gasteiger partial charge in [-0.15, -0.1) is 0 Å². The summed E-state index contributed by atoms with van der Waals surface area (Å²) in [5, 5.41) is 0. The molecule has 6 saturated carbocycles. The van der Waals surface area contributed by atoms with Crippen molar-refractivity contribution >= 4 is 0 Å². The quantitative estimate of drug-likeness (QED) is 0.533. The Morgan fingerprint density at radius 2 is 1.60 bits per heavy atom. The normalized spacial score (nSPS) is 68.5. The van der Waals surface area contributed by atoms with Crippen LogP contribution in [0, 0.1) is 44.8 Å². The van der Waals surface area contributed by atoms with E-state index < -0.39 is 0 Å². The van der Waals surface area contributed by atoms with E-state index in [1.165, 1.54) is 25.7 Å². The molecule has 0 aromatic rings. The van der Waals surface area contributed by atoms with E-state index in [2.05, 4.69) is 34.6 Å². The molecule has 7 atom stereocenters. The second-order valence-corrected chi connectivity index (χ2v) is 10.8. The summed E-state index contributed by atoms with van der Waals surface area (Å²) in [5.74, 6) is 3.22. The van der Waals surface area contributed by atoms with E-state index >= 15 is 0 Å². The minimum atomic E-state index is 0.597. The number of hydrogen-bond acceptors (Lipinski definition) is 0. The second kappa shape index (κ2) is 2.91. The summed E-state index contributed by atoms with van der Waals surface area (Å²) in [5.41, 5.74) is 3.47. The van der Waals surface area contributed by atoms with Crippen molar-refractivity contribution in [1.82, 2.24) is 0 Å². The van der Waals surface area contributed by atoms with Gasteiger partial charge in [0.15, 0.2) is 0 Å². The molecule has 20 heavy (non-hydrogen) atoms. The molecule has 6 aliphatic rings. The highest BCUT2D eigenvalue weighted by Crippen LogP contribution is 2.96. The molecule has 0 aliphatic heterocycles. The number of fused-ring (bicyclic) bond motifs is 1. The summed E-state index contributed by atoms with van der Waals surface area (Å²) in [4.78, 5) is 0. The fraction of sp³-hybridized carbons (Fsp3) is 1.00. The van der Waals surface area contributed by atoms with Gasteiger partial charge in [-0.1, -0.05) is 41.0 Å². The fourth-order valence-electron chi connectivity index (χ4n) is 9.59. The standard InChI is InChI=1S/C20H32/c1-16(2)8-6-9-18(4)14(16)7-10-19(5)15-13-11-20(18,19)12-17(13,15)3/h13-15H,6-12H2,1-5H3/t13-,14-,15+,17-,18-,19-,20-/m0/s1. The molecule has 112 valence electrons. The molecule has 0 aromatic carbocycles. The van der Waals surface area contributed by atoms with Gasteiger partial charge in [-0.05, 0) is 83.4 Å². The monoisotopic (exact) mass is 272 g/mol. The van der Waals surface area contributed by atoms with Crippen LogP contribution in [0.25, 0.3) is 0 Å². The zero-order valence-corrected chi connectivity index (χ0v) is 14.2. The van der Waals surface area contributed by atoms with Crippen LogP contribution >= 0.6 is 0 Å². The van der Waals surface area contributed by atoms with Crippen LogP contribution in [0.3, 0.4) is 0 Å². The molecule has 4 bridgehead atoms. The van der Waals surface area contributed by atoms with Crippen LogP contribution in [-0.2, 0) is 0 Å². The molecule has 0 nitrogen and oxygen atoms in total. The molecule has 0 heterocycles. The molecule has 0 saturated heterocycles. The first-order valence-corrected chi connectivity index (χ1v) is 9.21. The Balaban J connectivity index is 1.69. The molecular formula is C20H32. The van der Waals surface area contributed by atoms with Crippen molar-refractivity contribution in [3.8, 4) is 0 Å². The summed E-state index contributed by atoms with van der Waals surface area (Å²) in [6, 6.07) is 0. The Kier molecular flexibility index (Phi) is 1.82. The van der Waals surface area contributed by atoms with E-state index in [4.69, 9.17) is 0 Å².